The minimum absolute atomic E-state index is 0.0380. The molecule has 1 atom stereocenters. The predicted octanol–water partition coefficient (Wildman–Crippen LogP) is 3.77. The second-order valence-corrected chi connectivity index (χ2v) is 7.23. The summed E-state index contributed by atoms with van der Waals surface area (Å²) in [7, 11) is 1.86. The normalized spacial score (nSPS) is 16.3. The topological polar surface area (TPSA) is 40.6 Å². The van der Waals surface area contributed by atoms with Crippen molar-refractivity contribution in [2.24, 2.45) is 0 Å². The number of hydrogen-bond acceptors (Lipinski definition) is 2. The number of likely N-dealkylation sites (tertiary alicyclic amines) is 1. The van der Waals surface area contributed by atoms with Gasteiger partial charge in [0.2, 0.25) is 5.91 Å². The van der Waals surface area contributed by atoms with Crippen molar-refractivity contribution < 1.29 is 9.59 Å². The molecule has 1 aliphatic rings. The molecule has 0 spiro atoms. The summed E-state index contributed by atoms with van der Waals surface area (Å²) in [5, 5.41) is 0. The maximum absolute atomic E-state index is 12.9. The second-order valence-electron chi connectivity index (χ2n) is 7.23. The molecule has 142 valence electrons. The SMILES string of the molecule is CN(CCCCc1ccccc1)C(=O)C1CCCN1C(=O)c1ccccc1. The number of unbranched alkanes of at least 4 members (excludes halogenated alkanes) is 1. The lowest BCUT2D eigenvalue weighted by atomic mass is 10.1. The zero-order valence-corrected chi connectivity index (χ0v) is 16.0. The Bertz CT molecular complexity index is 745. The molecule has 2 amide bonds. The molecule has 0 N–H and O–H groups in total. The molecular weight excluding hydrogens is 336 g/mol. The molecule has 0 aliphatic carbocycles. The van der Waals surface area contributed by atoms with E-state index >= 15 is 0 Å². The van der Waals surface area contributed by atoms with Crippen LogP contribution in [0, 0.1) is 0 Å². The van der Waals surface area contributed by atoms with Crippen molar-refractivity contribution in [2.45, 2.75) is 38.1 Å². The van der Waals surface area contributed by atoms with Crippen LogP contribution in [-0.4, -0.2) is 47.8 Å². The van der Waals surface area contributed by atoms with Gasteiger partial charge in [0.15, 0.2) is 0 Å². The molecular formula is C23H28N2O2. The molecule has 0 saturated carbocycles. The largest absolute Gasteiger partial charge is 0.344 e. The van der Waals surface area contributed by atoms with Crippen molar-refractivity contribution in [3.8, 4) is 0 Å². The van der Waals surface area contributed by atoms with Gasteiger partial charge in [-0.25, -0.2) is 0 Å². The second kappa shape index (κ2) is 9.36. The summed E-state index contributed by atoms with van der Waals surface area (Å²) in [6.45, 7) is 1.39. The monoisotopic (exact) mass is 364 g/mol. The van der Waals surface area contributed by atoms with Crippen molar-refractivity contribution in [2.75, 3.05) is 20.1 Å². The number of aryl methyl sites for hydroxylation is 1. The van der Waals surface area contributed by atoms with Gasteiger partial charge in [-0.2, -0.15) is 0 Å². The van der Waals surface area contributed by atoms with E-state index in [0.29, 0.717) is 12.1 Å². The molecule has 0 radical (unpaired) electrons. The third-order valence-electron chi connectivity index (χ3n) is 5.25. The maximum atomic E-state index is 12.9. The molecule has 1 unspecified atom stereocenters. The van der Waals surface area contributed by atoms with Gasteiger partial charge in [-0.1, -0.05) is 48.5 Å². The van der Waals surface area contributed by atoms with Crippen molar-refractivity contribution in [3.63, 3.8) is 0 Å². The van der Waals surface area contributed by atoms with Gasteiger partial charge >= 0.3 is 0 Å². The van der Waals surface area contributed by atoms with Crippen LogP contribution in [0.4, 0.5) is 0 Å². The van der Waals surface area contributed by atoms with Crippen molar-refractivity contribution in [3.05, 3.63) is 71.8 Å². The summed E-state index contributed by atoms with van der Waals surface area (Å²) in [6, 6.07) is 19.3. The number of likely N-dealkylation sites (N-methyl/N-ethyl adjacent to an activating group) is 1. The van der Waals surface area contributed by atoms with E-state index in [-0.39, 0.29) is 17.9 Å². The van der Waals surface area contributed by atoms with E-state index in [0.717, 1.165) is 38.6 Å². The van der Waals surface area contributed by atoms with E-state index in [1.165, 1.54) is 5.56 Å². The number of rotatable bonds is 7. The Labute approximate surface area is 161 Å². The fourth-order valence-corrected chi connectivity index (χ4v) is 3.70. The van der Waals surface area contributed by atoms with Crippen LogP contribution in [0.25, 0.3) is 0 Å². The summed E-state index contributed by atoms with van der Waals surface area (Å²) < 4.78 is 0. The summed E-state index contributed by atoms with van der Waals surface area (Å²) in [6.07, 6.45) is 4.70. The number of hydrogen-bond donors (Lipinski definition) is 0. The number of benzene rings is 2. The van der Waals surface area contributed by atoms with E-state index in [4.69, 9.17) is 0 Å². The first-order valence-corrected chi connectivity index (χ1v) is 9.82. The average Bonchev–Trinajstić information content (AvgIpc) is 3.21. The highest BCUT2D eigenvalue weighted by Gasteiger charge is 2.35. The van der Waals surface area contributed by atoms with E-state index in [2.05, 4.69) is 24.3 Å². The predicted molar refractivity (Wildman–Crippen MR) is 108 cm³/mol. The highest BCUT2D eigenvalue weighted by molar-refractivity contribution is 5.97. The number of amides is 2. The molecule has 1 fully saturated rings. The molecule has 4 nitrogen and oxygen atoms in total. The Morgan fingerprint density at radius 2 is 1.67 bits per heavy atom. The van der Waals surface area contributed by atoms with E-state index in [9.17, 15) is 9.59 Å². The molecule has 1 saturated heterocycles. The Hall–Kier alpha value is -2.62. The smallest absolute Gasteiger partial charge is 0.254 e. The van der Waals surface area contributed by atoms with Crippen LogP contribution in [0.1, 0.15) is 41.6 Å². The third-order valence-corrected chi connectivity index (χ3v) is 5.25. The first kappa shape index (κ1) is 19.2. The number of carbonyl (C=O) groups is 2. The van der Waals surface area contributed by atoms with Gasteiger partial charge in [-0.15, -0.1) is 0 Å². The summed E-state index contributed by atoms with van der Waals surface area (Å²) in [4.78, 5) is 29.2. The van der Waals surface area contributed by atoms with Crippen LogP contribution in [-0.2, 0) is 11.2 Å². The zero-order chi connectivity index (χ0) is 19.1. The fourth-order valence-electron chi connectivity index (χ4n) is 3.70. The Morgan fingerprint density at radius 3 is 2.37 bits per heavy atom. The molecule has 1 heterocycles. The molecule has 3 rings (SSSR count). The van der Waals surface area contributed by atoms with Crippen LogP contribution in [0.2, 0.25) is 0 Å². The Balaban J connectivity index is 1.50. The molecule has 1 aliphatic heterocycles. The summed E-state index contributed by atoms with van der Waals surface area (Å²) in [5.74, 6) is 0.0282. The van der Waals surface area contributed by atoms with E-state index in [1.54, 1.807) is 9.80 Å². The lowest BCUT2D eigenvalue weighted by Crippen LogP contribution is -2.46. The van der Waals surface area contributed by atoms with Gasteiger partial charge in [0.1, 0.15) is 6.04 Å². The first-order valence-electron chi connectivity index (χ1n) is 9.82. The molecule has 0 aromatic heterocycles. The quantitative estimate of drug-likeness (QED) is 0.702. The molecule has 2 aromatic carbocycles. The highest BCUT2D eigenvalue weighted by atomic mass is 16.2. The van der Waals surface area contributed by atoms with Crippen molar-refractivity contribution in [1.82, 2.24) is 9.80 Å². The highest BCUT2D eigenvalue weighted by Crippen LogP contribution is 2.22. The Kier molecular flexibility index (Phi) is 6.64. The summed E-state index contributed by atoms with van der Waals surface area (Å²) >= 11 is 0. The lowest BCUT2D eigenvalue weighted by molar-refractivity contribution is -0.134. The van der Waals surface area contributed by atoms with Crippen LogP contribution < -0.4 is 0 Å². The average molecular weight is 364 g/mol. The molecule has 4 heteroatoms. The number of carbonyl (C=O) groups excluding carboxylic acids is 2. The Morgan fingerprint density at radius 1 is 1.00 bits per heavy atom. The van der Waals surface area contributed by atoms with Crippen LogP contribution in [0.15, 0.2) is 60.7 Å². The van der Waals surface area contributed by atoms with Gasteiger partial charge in [0.05, 0.1) is 0 Å². The molecule has 2 aromatic rings. The van der Waals surface area contributed by atoms with Crippen molar-refractivity contribution in [1.29, 1.82) is 0 Å². The third kappa shape index (κ3) is 4.97. The zero-order valence-electron chi connectivity index (χ0n) is 16.0. The van der Waals surface area contributed by atoms with Crippen molar-refractivity contribution >= 4 is 11.8 Å². The van der Waals surface area contributed by atoms with Gasteiger partial charge in [-0.05, 0) is 49.8 Å². The molecule has 0 bridgehead atoms. The summed E-state index contributed by atoms with van der Waals surface area (Å²) in [5.41, 5.74) is 1.99. The van der Waals surface area contributed by atoms with Gasteiger partial charge in [0.25, 0.3) is 5.91 Å². The van der Waals surface area contributed by atoms with E-state index < -0.39 is 0 Å². The van der Waals surface area contributed by atoms with Gasteiger partial charge < -0.3 is 9.80 Å². The minimum Gasteiger partial charge on any atom is -0.344 e. The molecule has 27 heavy (non-hydrogen) atoms. The van der Waals surface area contributed by atoms with Crippen LogP contribution >= 0.6 is 0 Å². The lowest BCUT2D eigenvalue weighted by Gasteiger charge is -2.28. The first-order chi connectivity index (χ1) is 13.2. The van der Waals surface area contributed by atoms with Gasteiger partial charge in [-0.3, -0.25) is 9.59 Å². The van der Waals surface area contributed by atoms with E-state index in [1.807, 2.05) is 43.4 Å². The number of nitrogens with zero attached hydrogens (tertiary/aromatic N) is 2. The maximum Gasteiger partial charge on any atom is 0.254 e. The fraction of sp³-hybridized carbons (Fsp3) is 0.391. The van der Waals surface area contributed by atoms with Crippen LogP contribution in [0.3, 0.4) is 0 Å². The van der Waals surface area contributed by atoms with Crippen LogP contribution in [0.5, 0.6) is 0 Å². The minimum atomic E-state index is -0.322. The van der Waals surface area contributed by atoms with Gasteiger partial charge in [0, 0.05) is 25.7 Å². The standard InChI is InChI=1S/C23H28N2O2/c1-24(17-9-8-13-19-11-4-2-5-12-19)23(27)21-16-10-18-25(21)22(26)20-14-6-3-7-15-20/h2-7,11-12,14-15,21H,8-10,13,16-18H2,1H3.